The zero-order valence-corrected chi connectivity index (χ0v) is 11.0. The van der Waals surface area contributed by atoms with E-state index in [4.69, 9.17) is 0 Å². The third-order valence-electron chi connectivity index (χ3n) is 5.37. The Morgan fingerprint density at radius 1 is 1.06 bits per heavy atom. The third-order valence-corrected chi connectivity index (χ3v) is 5.37. The van der Waals surface area contributed by atoms with Gasteiger partial charge < -0.3 is 5.32 Å². The quantitative estimate of drug-likeness (QED) is 0.765. The summed E-state index contributed by atoms with van der Waals surface area (Å²) < 4.78 is 0. The fourth-order valence-corrected chi connectivity index (χ4v) is 3.64. The minimum atomic E-state index is 0.650. The van der Waals surface area contributed by atoms with Crippen molar-refractivity contribution in [1.82, 2.24) is 5.32 Å². The van der Waals surface area contributed by atoms with Gasteiger partial charge in [0.05, 0.1) is 0 Å². The second kappa shape index (κ2) is 4.01. The van der Waals surface area contributed by atoms with Crippen molar-refractivity contribution in [3.05, 3.63) is 0 Å². The maximum Gasteiger partial charge on any atom is 0.00699 e. The largest absolute Gasteiger partial charge is 0.314 e. The average Bonchev–Trinajstić information content (AvgIpc) is 3.13. The van der Waals surface area contributed by atoms with Gasteiger partial charge in [-0.05, 0) is 61.8 Å². The first-order valence-electron chi connectivity index (χ1n) is 7.38. The van der Waals surface area contributed by atoms with Gasteiger partial charge in [-0.25, -0.2) is 0 Å². The van der Waals surface area contributed by atoms with Crippen LogP contribution < -0.4 is 5.32 Å². The highest BCUT2D eigenvalue weighted by molar-refractivity contribution is 4.97. The molecule has 0 heterocycles. The molecule has 0 radical (unpaired) electrons. The van der Waals surface area contributed by atoms with E-state index in [-0.39, 0.29) is 0 Å². The minimum Gasteiger partial charge on any atom is -0.314 e. The Labute approximate surface area is 100 Å². The average molecular weight is 221 g/mol. The lowest BCUT2D eigenvalue weighted by Crippen LogP contribution is -2.36. The smallest absolute Gasteiger partial charge is 0.00699 e. The van der Waals surface area contributed by atoms with E-state index in [2.05, 4.69) is 19.2 Å². The number of rotatable bonds is 4. The zero-order chi connectivity index (χ0) is 11.2. The molecule has 0 amide bonds. The number of hydrogen-bond acceptors (Lipinski definition) is 1. The van der Waals surface area contributed by atoms with Crippen molar-refractivity contribution in [3.63, 3.8) is 0 Å². The molecule has 92 valence electrons. The minimum absolute atomic E-state index is 0.650. The second-order valence-corrected chi connectivity index (χ2v) is 7.26. The van der Waals surface area contributed by atoms with Crippen molar-refractivity contribution in [1.29, 1.82) is 0 Å². The highest BCUT2D eigenvalue weighted by Gasteiger charge is 2.45. The Morgan fingerprint density at radius 2 is 1.81 bits per heavy atom. The normalized spacial score (nSPS) is 42.0. The molecule has 3 unspecified atom stereocenters. The molecule has 1 N–H and O–H groups in total. The summed E-state index contributed by atoms with van der Waals surface area (Å²) in [6, 6.07) is 0.857. The van der Waals surface area contributed by atoms with Gasteiger partial charge in [-0.3, -0.25) is 0 Å². The summed E-state index contributed by atoms with van der Waals surface area (Å²) in [4.78, 5) is 0. The Bertz CT molecular complexity index is 254. The van der Waals surface area contributed by atoms with Crippen LogP contribution in [-0.4, -0.2) is 12.6 Å². The van der Waals surface area contributed by atoms with Crippen LogP contribution in [0.4, 0.5) is 0 Å². The fourth-order valence-electron chi connectivity index (χ4n) is 3.64. The molecule has 0 aromatic rings. The first kappa shape index (κ1) is 11.1. The second-order valence-electron chi connectivity index (χ2n) is 7.26. The summed E-state index contributed by atoms with van der Waals surface area (Å²) in [5, 5.41) is 3.85. The SMILES string of the molecule is CC1(C)CC1CNC1CCCC(C2CC2)C1. The molecule has 3 rings (SSSR count). The molecule has 3 fully saturated rings. The molecule has 1 nitrogen and oxygen atoms in total. The first-order valence-corrected chi connectivity index (χ1v) is 7.38. The van der Waals surface area contributed by atoms with Gasteiger partial charge in [0, 0.05) is 6.04 Å². The van der Waals surface area contributed by atoms with Gasteiger partial charge in [0.15, 0.2) is 0 Å². The summed E-state index contributed by atoms with van der Waals surface area (Å²) in [5.41, 5.74) is 0.650. The van der Waals surface area contributed by atoms with E-state index in [1.807, 2.05) is 0 Å². The summed E-state index contributed by atoms with van der Waals surface area (Å²) in [5.74, 6) is 3.18. The van der Waals surface area contributed by atoms with Crippen molar-refractivity contribution in [2.45, 2.75) is 64.8 Å². The predicted molar refractivity (Wildman–Crippen MR) is 68.4 cm³/mol. The van der Waals surface area contributed by atoms with E-state index in [1.54, 1.807) is 0 Å². The van der Waals surface area contributed by atoms with E-state index in [0.29, 0.717) is 5.41 Å². The van der Waals surface area contributed by atoms with Crippen LogP contribution >= 0.6 is 0 Å². The van der Waals surface area contributed by atoms with Crippen LogP contribution in [0, 0.1) is 23.2 Å². The molecule has 3 saturated carbocycles. The molecule has 0 aromatic heterocycles. The number of nitrogens with one attached hydrogen (secondary N) is 1. The molecule has 3 atom stereocenters. The Hall–Kier alpha value is -0.0400. The predicted octanol–water partition coefficient (Wildman–Crippen LogP) is 3.59. The van der Waals surface area contributed by atoms with Crippen LogP contribution in [0.2, 0.25) is 0 Å². The van der Waals surface area contributed by atoms with Crippen molar-refractivity contribution in [2.75, 3.05) is 6.54 Å². The Kier molecular flexibility index (Phi) is 2.78. The Balaban J connectivity index is 1.41. The van der Waals surface area contributed by atoms with Gasteiger partial charge in [0.2, 0.25) is 0 Å². The highest BCUT2D eigenvalue weighted by Crippen LogP contribution is 2.51. The summed E-state index contributed by atoms with van der Waals surface area (Å²) >= 11 is 0. The first-order chi connectivity index (χ1) is 7.65. The van der Waals surface area contributed by atoms with Crippen LogP contribution in [0.25, 0.3) is 0 Å². The van der Waals surface area contributed by atoms with Crippen molar-refractivity contribution < 1.29 is 0 Å². The molecular formula is C15H27N. The maximum atomic E-state index is 3.85. The molecule has 1 heteroatoms. The Morgan fingerprint density at radius 3 is 2.44 bits per heavy atom. The molecule has 0 saturated heterocycles. The highest BCUT2D eigenvalue weighted by atomic mass is 14.9. The topological polar surface area (TPSA) is 12.0 Å². The van der Waals surface area contributed by atoms with Crippen molar-refractivity contribution in [3.8, 4) is 0 Å². The van der Waals surface area contributed by atoms with Gasteiger partial charge in [0.25, 0.3) is 0 Å². The van der Waals surface area contributed by atoms with E-state index in [9.17, 15) is 0 Å². The standard InChI is InChI=1S/C15H27N/c1-15(2)9-13(15)10-16-14-5-3-4-12(8-14)11-6-7-11/h11-14,16H,3-10H2,1-2H3. The molecule has 0 aromatic carbocycles. The summed E-state index contributed by atoms with van der Waals surface area (Å²) in [7, 11) is 0. The molecular weight excluding hydrogens is 194 g/mol. The monoisotopic (exact) mass is 221 g/mol. The van der Waals surface area contributed by atoms with Gasteiger partial charge >= 0.3 is 0 Å². The lowest BCUT2D eigenvalue weighted by molar-refractivity contribution is 0.257. The molecule has 16 heavy (non-hydrogen) atoms. The van der Waals surface area contributed by atoms with Gasteiger partial charge in [-0.1, -0.05) is 26.7 Å². The van der Waals surface area contributed by atoms with Crippen molar-refractivity contribution >= 4 is 0 Å². The maximum absolute atomic E-state index is 3.85. The van der Waals surface area contributed by atoms with Crippen LogP contribution in [-0.2, 0) is 0 Å². The van der Waals surface area contributed by atoms with E-state index >= 15 is 0 Å². The molecule has 3 aliphatic rings. The lowest BCUT2D eigenvalue weighted by Gasteiger charge is -2.30. The van der Waals surface area contributed by atoms with E-state index < -0.39 is 0 Å². The van der Waals surface area contributed by atoms with Crippen LogP contribution in [0.3, 0.4) is 0 Å². The number of hydrogen-bond donors (Lipinski definition) is 1. The third kappa shape index (κ3) is 2.45. The van der Waals surface area contributed by atoms with E-state index in [1.165, 1.54) is 51.5 Å². The van der Waals surface area contributed by atoms with Gasteiger partial charge in [0.1, 0.15) is 0 Å². The molecule has 0 spiro atoms. The van der Waals surface area contributed by atoms with Crippen LogP contribution in [0.5, 0.6) is 0 Å². The van der Waals surface area contributed by atoms with Gasteiger partial charge in [-0.2, -0.15) is 0 Å². The van der Waals surface area contributed by atoms with Crippen LogP contribution in [0.1, 0.15) is 58.8 Å². The lowest BCUT2D eigenvalue weighted by atomic mass is 9.82. The summed E-state index contributed by atoms with van der Waals surface area (Å²) in [6.07, 6.45) is 10.4. The van der Waals surface area contributed by atoms with Gasteiger partial charge in [-0.15, -0.1) is 0 Å². The fraction of sp³-hybridized carbons (Fsp3) is 1.00. The van der Waals surface area contributed by atoms with Crippen molar-refractivity contribution in [2.24, 2.45) is 23.2 Å². The molecule has 3 aliphatic carbocycles. The molecule has 0 bridgehead atoms. The van der Waals surface area contributed by atoms with E-state index in [0.717, 1.165) is 23.8 Å². The molecule has 0 aliphatic heterocycles. The van der Waals surface area contributed by atoms with Crippen LogP contribution in [0.15, 0.2) is 0 Å². The summed E-state index contributed by atoms with van der Waals surface area (Å²) in [6.45, 7) is 6.11. The zero-order valence-electron chi connectivity index (χ0n) is 11.0.